The van der Waals surface area contributed by atoms with E-state index in [0.717, 1.165) is 46.3 Å². The van der Waals surface area contributed by atoms with E-state index in [2.05, 4.69) is 11.1 Å². The first-order valence-corrected chi connectivity index (χ1v) is 9.75. The minimum Gasteiger partial charge on any atom is -0.489 e. The molecular formula is C23H24N2O4. The average molecular weight is 392 g/mol. The number of hydroxylamine groups is 1. The van der Waals surface area contributed by atoms with Gasteiger partial charge in [-0.1, -0.05) is 30.3 Å². The predicted molar refractivity (Wildman–Crippen MR) is 109 cm³/mol. The average Bonchev–Trinajstić information content (AvgIpc) is 3.21. The lowest BCUT2D eigenvalue weighted by atomic mass is 9.87. The van der Waals surface area contributed by atoms with Gasteiger partial charge in [-0.15, -0.1) is 0 Å². The number of carbonyl (C=O) groups is 1. The van der Waals surface area contributed by atoms with Gasteiger partial charge in [-0.05, 0) is 49.6 Å². The Labute approximate surface area is 169 Å². The fraction of sp³-hybridized carbons (Fsp3) is 0.304. The molecular weight excluding hydrogens is 368 g/mol. The Hall–Kier alpha value is -2.96. The topological polar surface area (TPSA) is 80.7 Å². The molecule has 0 radical (unpaired) electrons. The quantitative estimate of drug-likeness (QED) is 0.489. The maximum absolute atomic E-state index is 11.7. The highest BCUT2D eigenvalue weighted by atomic mass is 16.5. The molecule has 4 rings (SSSR count). The maximum atomic E-state index is 11.7. The lowest BCUT2D eigenvalue weighted by Gasteiger charge is -2.28. The number of aryl methyl sites for hydroxylation is 1. The zero-order chi connectivity index (χ0) is 20.3. The molecule has 0 bridgehead atoms. The minimum atomic E-state index is -0.691. The van der Waals surface area contributed by atoms with Crippen molar-refractivity contribution in [2.75, 3.05) is 6.61 Å². The molecule has 0 spiro atoms. The first kappa shape index (κ1) is 19.4. The molecule has 6 nitrogen and oxygen atoms in total. The summed E-state index contributed by atoms with van der Waals surface area (Å²) in [5, 5.41) is 9.98. The van der Waals surface area contributed by atoms with E-state index in [9.17, 15) is 4.79 Å². The number of pyridine rings is 1. The highest BCUT2D eigenvalue weighted by Crippen LogP contribution is 2.39. The van der Waals surface area contributed by atoms with Crippen LogP contribution in [0.5, 0.6) is 5.75 Å². The van der Waals surface area contributed by atoms with Gasteiger partial charge in [0.2, 0.25) is 5.91 Å². The number of ether oxygens (including phenoxy) is 2. The van der Waals surface area contributed by atoms with E-state index in [1.807, 2.05) is 55.5 Å². The van der Waals surface area contributed by atoms with Gasteiger partial charge in [-0.2, -0.15) is 0 Å². The van der Waals surface area contributed by atoms with Gasteiger partial charge < -0.3 is 9.47 Å². The van der Waals surface area contributed by atoms with Crippen molar-refractivity contribution in [3.05, 3.63) is 71.4 Å². The van der Waals surface area contributed by atoms with Crippen molar-refractivity contribution in [2.24, 2.45) is 0 Å². The van der Waals surface area contributed by atoms with Crippen LogP contribution in [0.25, 0.3) is 10.9 Å². The molecule has 0 aliphatic carbocycles. The Bertz CT molecular complexity index is 1010. The number of fused-ring (bicyclic) bond motifs is 1. The molecule has 150 valence electrons. The molecule has 1 fully saturated rings. The Morgan fingerprint density at radius 3 is 2.76 bits per heavy atom. The van der Waals surface area contributed by atoms with Crippen LogP contribution in [0.4, 0.5) is 0 Å². The molecule has 1 unspecified atom stereocenters. The van der Waals surface area contributed by atoms with Crippen LogP contribution in [0.2, 0.25) is 0 Å². The molecule has 1 saturated heterocycles. The third-order valence-electron chi connectivity index (χ3n) is 5.38. The molecule has 1 aromatic heterocycles. The van der Waals surface area contributed by atoms with Crippen molar-refractivity contribution in [3.63, 3.8) is 0 Å². The maximum Gasteiger partial charge on any atom is 0.246 e. The van der Waals surface area contributed by atoms with E-state index in [0.29, 0.717) is 13.2 Å². The third kappa shape index (κ3) is 4.09. The van der Waals surface area contributed by atoms with Crippen molar-refractivity contribution < 1.29 is 19.5 Å². The molecule has 1 aliphatic heterocycles. The number of benzene rings is 2. The second kappa shape index (κ2) is 8.19. The smallest absolute Gasteiger partial charge is 0.246 e. The summed E-state index contributed by atoms with van der Waals surface area (Å²) in [6.07, 6.45) is 1.71. The van der Waals surface area contributed by atoms with Gasteiger partial charge in [0, 0.05) is 23.3 Å². The number of carbonyl (C=O) groups excluding carboxylic acids is 1. The fourth-order valence-electron chi connectivity index (χ4n) is 4.00. The van der Waals surface area contributed by atoms with Crippen molar-refractivity contribution >= 4 is 16.8 Å². The Kier molecular flexibility index (Phi) is 5.47. The zero-order valence-corrected chi connectivity index (χ0v) is 16.4. The monoisotopic (exact) mass is 392 g/mol. The molecule has 1 amide bonds. The molecule has 0 saturated carbocycles. The lowest BCUT2D eigenvalue weighted by Crippen LogP contribution is -2.33. The van der Waals surface area contributed by atoms with Gasteiger partial charge in [0.1, 0.15) is 18.0 Å². The Balaban J connectivity index is 1.51. The summed E-state index contributed by atoms with van der Waals surface area (Å²) in [6.45, 7) is 3.03. The number of nitrogens with one attached hydrogen (secondary N) is 1. The van der Waals surface area contributed by atoms with Crippen LogP contribution in [0.15, 0.2) is 54.6 Å². The number of nitrogens with zero attached hydrogens (tertiary/aromatic N) is 1. The van der Waals surface area contributed by atoms with Gasteiger partial charge >= 0.3 is 0 Å². The second-order valence-electron chi connectivity index (χ2n) is 7.41. The predicted octanol–water partition coefficient (Wildman–Crippen LogP) is 4.02. The van der Waals surface area contributed by atoms with Crippen LogP contribution < -0.4 is 10.2 Å². The number of hydrogen-bond donors (Lipinski definition) is 2. The largest absolute Gasteiger partial charge is 0.489 e. The first-order chi connectivity index (χ1) is 14.1. The number of hydrogen-bond acceptors (Lipinski definition) is 5. The Morgan fingerprint density at radius 1 is 1.24 bits per heavy atom. The molecule has 1 aliphatic rings. The van der Waals surface area contributed by atoms with Crippen LogP contribution >= 0.6 is 0 Å². The number of rotatable bonds is 6. The van der Waals surface area contributed by atoms with E-state index >= 15 is 0 Å². The van der Waals surface area contributed by atoms with Gasteiger partial charge in [-0.25, -0.2) is 5.48 Å². The Morgan fingerprint density at radius 2 is 2.03 bits per heavy atom. The fourth-order valence-corrected chi connectivity index (χ4v) is 4.00. The van der Waals surface area contributed by atoms with Crippen LogP contribution in [0.3, 0.4) is 0 Å². The van der Waals surface area contributed by atoms with E-state index in [4.69, 9.17) is 14.7 Å². The van der Waals surface area contributed by atoms with Gasteiger partial charge in [0.05, 0.1) is 11.9 Å². The summed E-state index contributed by atoms with van der Waals surface area (Å²) in [6, 6.07) is 17.7. The van der Waals surface area contributed by atoms with Crippen molar-refractivity contribution in [1.82, 2.24) is 10.5 Å². The molecule has 6 heteroatoms. The normalized spacial score (nSPS) is 18.7. The molecule has 3 aromatic rings. The van der Waals surface area contributed by atoms with Crippen LogP contribution in [-0.2, 0) is 21.7 Å². The molecule has 2 N–H and O–H groups in total. The third-order valence-corrected chi connectivity index (χ3v) is 5.38. The lowest BCUT2D eigenvalue weighted by molar-refractivity contribution is -0.135. The van der Waals surface area contributed by atoms with Gasteiger partial charge in [-0.3, -0.25) is 15.0 Å². The summed E-state index contributed by atoms with van der Waals surface area (Å²) >= 11 is 0. The number of aromatic nitrogens is 1. The summed E-state index contributed by atoms with van der Waals surface area (Å²) in [4.78, 5) is 16.3. The van der Waals surface area contributed by atoms with E-state index in [-0.39, 0.29) is 6.42 Å². The summed E-state index contributed by atoms with van der Waals surface area (Å²) in [7, 11) is 0. The number of para-hydroxylation sites is 1. The highest BCUT2D eigenvalue weighted by Gasteiger charge is 2.39. The van der Waals surface area contributed by atoms with E-state index in [1.54, 1.807) is 5.48 Å². The molecule has 2 aromatic carbocycles. The molecule has 1 atom stereocenters. The SMILES string of the molecule is Cc1cc(COc2ccc(C3(CC(=O)NO)CCCO3)cc2)c2ccccc2n1. The summed E-state index contributed by atoms with van der Waals surface area (Å²) < 4.78 is 11.9. The van der Waals surface area contributed by atoms with Gasteiger partial charge in [0.15, 0.2) is 0 Å². The van der Waals surface area contributed by atoms with Crippen molar-refractivity contribution in [2.45, 2.75) is 38.4 Å². The van der Waals surface area contributed by atoms with Gasteiger partial charge in [0.25, 0.3) is 0 Å². The summed E-state index contributed by atoms with van der Waals surface area (Å²) in [5.74, 6) is 0.291. The number of amides is 1. The van der Waals surface area contributed by atoms with E-state index < -0.39 is 11.5 Å². The minimum absolute atomic E-state index is 0.0893. The zero-order valence-electron chi connectivity index (χ0n) is 16.4. The molecule has 29 heavy (non-hydrogen) atoms. The second-order valence-corrected chi connectivity index (χ2v) is 7.41. The first-order valence-electron chi connectivity index (χ1n) is 9.75. The van der Waals surface area contributed by atoms with Crippen LogP contribution in [0, 0.1) is 6.92 Å². The summed E-state index contributed by atoms with van der Waals surface area (Å²) in [5.41, 5.74) is 4.94. The standard InChI is InChI=1S/C23H24N2O4/c1-16-13-17(20-5-2-3-6-21(20)24-16)15-28-19-9-7-18(8-10-19)23(11-4-12-29-23)14-22(26)25-27/h2-3,5-10,13,27H,4,11-12,14-15H2,1H3,(H,25,26). The van der Waals surface area contributed by atoms with E-state index in [1.165, 1.54) is 0 Å². The van der Waals surface area contributed by atoms with Crippen molar-refractivity contribution in [3.8, 4) is 5.75 Å². The van der Waals surface area contributed by atoms with Crippen LogP contribution in [-0.4, -0.2) is 22.7 Å². The van der Waals surface area contributed by atoms with Crippen molar-refractivity contribution in [1.29, 1.82) is 0 Å². The van der Waals surface area contributed by atoms with Crippen LogP contribution in [0.1, 0.15) is 36.1 Å². The highest BCUT2D eigenvalue weighted by molar-refractivity contribution is 5.82. The molecule has 2 heterocycles.